The minimum atomic E-state index is 0.229. The molecule has 1 amide bonds. The van der Waals surface area contributed by atoms with Crippen LogP contribution in [0.5, 0.6) is 0 Å². The Hall–Kier alpha value is -0.570. The predicted molar refractivity (Wildman–Crippen MR) is 65.2 cm³/mol. The van der Waals surface area contributed by atoms with Crippen molar-refractivity contribution in [3.05, 3.63) is 0 Å². The van der Waals surface area contributed by atoms with Crippen molar-refractivity contribution in [2.45, 2.75) is 51.5 Å². The van der Waals surface area contributed by atoms with Crippen LogP contribution in [0.3, 0.4) is 0 Å². The number of carbonyl (C=O) groups excluding carboxylic acids is 1. The van der Waals surface area contributed by atoms with E-state index in [0.717, 1.165) is 19.0 Å². The molecular formula is C13H24N2O. The summed E-state index contributed by atoms with van der Waals surface area (Å²) in [6, 6.07) is 0.639. The number of amides is 1. The van der Waals surface area contributed by atoms with Crippen LogP contribution in [0.25, 0.3) is 0 Å². The maximum absolute atomic E-state index is 11.8. The fourth-order valence-electron chi connectivity index (χ4n) is 2.55. The third kappa shape index (κ3) is 3.48. The van der Waals surface area contributed by atoms with Gasteiger partial charge in [-0.1, -0.05) is 13.3 Å². The van der Waals surface area contributed by atoms with Crippen LogP contribution in [0.4, 0.5) is 0 Å². The van der Waals surface area contributed by atoms with Gasteiger partial charge < -0.3 is 5.32 Å². The molecule has 1 N–H and O–H groups in total. The quantitative estimate of drug-likeness (QED) is 0.772. The third-order valence-corrected chi connectivity index (χ3v) is 3.85. The first-order valence-electron chi connectivity index (χ1n) is 6.80. The lowest BCUT2D eigenvalue weighted by molar-refractivity contribution is -0.123. The molecule has 2 fully saturated rings. The highest BCUT2D eigenvalue weighted by Crippen LogP contribution is 2.27. The van der Waals surface area contributed by atoms with E-state index in [9.17, 15) is 4.79 Å². The Bertz CT molecular complexity index is 238. The first kappa shape index (κ1) is 11.9. The van der Waals surface area contributed by atoms with Gasteiger partial charge in [0, 0.05) is 12.6 Å². The molecule has 0 aromatic carbocycles. The summed E-state index contributed by atoms with van der Waals surface area (Å²) in [7, 11) is 0. The topological polar surface area (TPSA) is 32.3 Å². The van der Waals surface area contributed by atoms with Gasteiger partial charge >= 0.3 is 0 Å². The van der Waals surface area contributed by atoms with Crippen LogP contribution >= 0.6 is 0 Å². The maximum Gasteiger partial charge on any atom is 0.234 e. The van der Waals surface area contributed by atoms with Gasteiger partial charge in [0.15, 0.2) is 0 Å². The Morgan fingerprint density at radius 2 is 2.12 bits per heavy atom. The van der Waals surface area contributed by atoms with Crippen molar-refractivity contribution in [2.75, 3.05) is 19.6 Å². The number of likely N-dealkylation sites (tertiary alicyclic amines) is 1. The number of rotatable bonds is 5. The summed E-state index contributed by atoms with van der Waals surface area (Å²) in [4.78, 5) is 14.1. The van der Waals surface area contributed by atoms with Crippen LogP contribution in [-0.4, -0.2) is 36.5 Å². The van der Waals surface area contributed by atoms with Gasteiger partial charge in [0.1, 0.15) is 0 Å². The first-order chi connectivity index (χ1) is 7.79. The van der Waals surface area contributed by atoms with Crippen LogP contribution in [0, 0.1) is 5.92 Å². The van der Waals surface area contributed by atoms with E-state index in [4.69, 9.17) is 0 Å². The molecule has 0 radical (unpaired) electrons. The zero-order chi connectivity index (χ0) is 11.4. The van der Waals surface area contributed by atoms with E-state index in [-0.39, 0.29) is 5.91 Å². The van der Waals surface area contributed by atoms with Crippen LogP contribution in [0.15, 0.2) is 0 Å². The molecule has 16 heavy (non-hydrogen) atoms. The lowest BCUT2D eigenvalue weighted by Gasteiger charge is -2.34. The molecule has 1 unspecified atom stereocenters. The fraction of sp³-hybridized carbons (Fsp3) is 0.923. The molecule has 0 aromatic heterocycles. The van der Waals surface area contributed by atoms with Gasteiger partial charge in [-0.05, 0) is 44.6 Å². The van der Waals surface area contributed by atoms with Gasteiger partial charge in [-0.3, -0.25) is 9.69 Å². The Morgan fingerprint density at radius 1 is 1.31 bits per heavy atom. The average Bonchev–Trinajstić information content (AvgIpc) is 3.11. The van der Waals surface area contributed by atoms with Crippen LogP contribution in [0.1, 0.15) is 45.4 Å². The van der Waals surface area contributed by atoms with Gasteiger partial charge in [0.05, 0.1) is 6.54 Å². The van der Waals surface area contributed by atoms with Crippen molar-refractivity contribution in [2.24, 2.45) is 5.92 Å². The maximum atomic E-state index is 11.8. The van der Waals surface area contributed by atoms with Crippen molar-refractivity contribution in [3.63, 3.8) is 0 Å². The summed E-state index contributed by atoms with van der Waals surface area (Å²) >= 11 is 0. The first-order valence-corrected chi connectivity index (χ1v) is 6.80. The zero-order valence-corrected chi connectivity index (χ0v) is 10.4. The van der Waals surface area contributed by atoms with Gasteiger partial charge in [-0.25, -0.2) is 0 Å². The lowest BCUT2D eigenvalue weighted by atomic mass is 10.0. The fourth-order valence-corrected chi connectivity index (χ4v) is 2.55. The summed E-state index contributed by atoms with van der Waals surface area (Å²) in [6.07, 6.45) is 7.65. The predicted octanol–water partition coefficient (Wildman–Crippen LogP) is 1.78. The number of hydrogen-bond acceptors (Lipinski definition) is 2. The Morgan fingerprint density at radius 3 is 2.81 bits per heavy atom. The Balaban J connectivity index is 1.70. The molecule has 2 rings (SSSR count). The van der Waals surface area contributed by atoms with Crippen molar-refractivity contribution >= 4 is 5.91 Å². The minimum Gasteiger partial charge on any atom is -0.355 e. The van der Waals surface area contributed by atoms with E-state index < -0.39 is 0 Å². The smallest absolute Gasteiger partial charge is 0.234 e. The second-order valence-electron chi connectivity index (χ2n) is 5.28. The molecule has 1 saturated carbocycles. The molecule has 1 atom stereocenters. The molecule has 0 bridgehead atoms. The summed E-state index contributed by atoms with van der Waals surface area (Å²) in [6.45, 7) is 4.86. The SMILES string of the molecule is CCC1CCCCN1CC(=O)NCC1CC1. The number of nitrogens with one attached hydrogen (secondary N) is 1. The van der Waals surface area contributed by atoms with Gasteiger partial charge in [-0.15, -0.1) is 0 Å². The standard InChI is InChI=1S/C13H24N2O/c1-2-12-5-3-4-8-15(12)10-13(16)14-9-11-6-7-11/h11-12H,2-10H2,1H3,(H,14,16). The summed E-state index contributed by atoms with van der Waals surface area (Å²) in [5, 5.41) is 3.06. The number of nitrogens with zero attached hydrogens (tertiary/aromatic N) is 1. The number of carbonyl (C=O) groups is 1. The van der Waals surface area contributed by atoms with E-state index in [1.54, 1.807) is 0 Å². The zero-order valence-electron chi connectivity index (χ0n) is 10.4. The van der Waals surface area contributed by atoms with Gasteiger partial charge in [0.25, 0.3) is 0 Å². The minimum absolute atomic E-state index is 0.229. The molecule has 3 nitrogen and oxygen atoms in total. The molecule has 1 aliphatic heterocycles. The lowest BCUT2D eigenvalue weighted by Crippen LogP contribution is -2.45. The molecular weight excluding hydrogens is 200 g/mol. The number of piperidine rings is 1. The molecule has 1 aliphatic carbocycles. The average molecular weight is 224 g/mol. The van der Waals surface area contributed by atoms with E-state index >= 15 is 0 Å². The van der Waals surface area contributed by atoms with Crippen LogP contribution < -0.4 is 5.32 Å². The van der Waals surface area contributed by atoms with Gasteiger partial charge in [-0.2, -0.15) is 0 Å². The van der Waals surface area contributed by atoms with E-state index in [1.165, 1.54) is 38.5 Å². The molecule has 1 heterocycles. The molecule has 3 heteroatoms. The largest absolute Gasteiger partial charge is 0.355 e. The summed E-state index contributed by atoms with van der Waals surface area (Å²) in [5.74, 6) is 1.01. The van der Waals surface area contributed by atoms with Crippen molar-refractivity contribution in [1.29, 1.82) is 0 Å². The van der Waals surface area contributed by atoms with Crippen LogP contribution in [-0.2, 0) is 4.79 Å². The molecule has 92 valence electrons. The highest BCUT2D eigenvalue weighted by molar-refractivity contribution is 5.78. The molecule has 2 aliphatic rings. The molecule has 1 saturated heterocycles. The molecule has 0 aromatic rings. The van der Waals surface area contributed by atoms with Gasteiger partial charge in [0.2, 0.25) is 5.91 Å². The van der Waals surface area contributed by atoms with E-state index in [0.29, 0.717) is 12.6 Å². The normalized spacial score (nSPS) is 26.7. The van der Waals surface area contributed by atoms with Crippen molar-refractivity contribution in [1.82, 2.24) is 10.2 Å². The Labute approximate surface area is 98.6 Å². The third-order valence-electron chi connectivity index (χ3n) is 3.85. The van der Waals surface area contributed by atoms with Crippen molar-refractivity contribution < 1.29 is 4.79 Å². The second-order valence-corrected chi connectivity index (χ2v) is 5.28. The highest BCUT2D eigenvalue weighted by atomic mass is 16.2. The number of hydrogen-bond donors (Lipinski definition) is 1. The summed E-state index contributed by atoms with van der Waals surface area (Å²) in [5.41, 5.74) is 0. The van der Waals surface area contributed by atoms with E-state index in [1.807, 2.05) is 0 Å². The summed E-state index contributed by atoms with van der Waals surface area (Å²) < 4.78 is 0. The van der Waals surface area contributed by atoms with Crippen LogP contribution in [0.2, 0.25) is 0 Å². The second kappa shape index (κ2) is 5.67. The monoisotopic (exact) mass is 224 g/mol. The molecule has 0 spiro atoms. The van der Waals surface area contributed by atoms with E-state index in [2.05, 4.69) is 17.1 Å². The Kier molecular flexibility index (Phi) is 4.22. The highest BCUT2D eigenvalue weighted by Gasteiger charge is 2.24. The van der Waals surface area contributed by atoms with Crippen molar-refractivity contribution in [3.8, 4) is 0 Å².